The monoisotopic (exact) mass is 346 g/mol. The van der Waals surface area contributed by atoms with Crippen molar-refractivity contribution in [1.82, 2.24) is 5.32 Å². The van der Waals surface area contributed by atoms with Crippen molar-refractivity contribution >= 4 is 17.5 Å². The first-order valence-corrected chi connectivity index (χ1v) is 7.46. The summed E-state index contributed by atoms with van der Waals surface area (Å²) in [6.45, 7) is 5.73. The fraction of sp³-hybridized carbons (Fsp3) is 0.500. The Hall–Kier alpha value is -2.09. The SMILES string of the molecule is C[NH+](CC(=O)Nc1ccc(C(F)(F)F)cc1)CC(=O)NC(C)(C)C. The van der Waals surface area contributed by atoms with Gasteiger partial charge in [-0.1, -0.05) is 0 Å². The number of carbonyl (C=O) groups excluding carboxylic acids is 2. The quantitative estimate of drug-likeness (QED) is 0.747. The van der Waals surface area contributed by atoms with E-state index in [-0.39, 0.29) is 36.1 Å². The lowest BCUT2D eigenvalue weighted by atomic mass is 10.1. The van der Waals surface area contributed by atoms with Crippen LogP contribution in [0.4, 0.5) is 18.9 Å². The van der Waals surface area contributed by atoms with Crippen molar-refractivity contribution in [2.24, 2.45) is 0 Å². The summed E-state index contributed by atoms with van der Waals surface area (Å²) in [5, 5.41) is 5.31. The van der Waals surface area contributed by atoms with Crippen LogP contribution in [0.3, 0.4) is 0 Å². The summed E-state index contributed by atoms with van der Waals surface area (Å²) in [5.41, 5.74) is -0.845. The van der Waals surface area contributed by atoms with E-state index in [1.165, 1.54) is 12.1 Å². The number of hydrogen-bond donors (Lipinski definition) is 3. The zero-order chi connectivity index (χ0) is 18.5. The molecule has 1 unspecified atom stereocenters. The number of benzene rings is 1. The lowest BCUT2D eigenvalue weighted by Gasteiger charge is -2.21. The van der Waals surface area contributed by atoms with Crippen molar-refractivity contribution in [3.8, 4) is 0 Å². The minimum Gasteiger partial charge on any atom is -0.347 e. The maximum absolute atomic E-state index is 12.5. The summed E-state index contributed by atoms with van der Waals surface area (Å²) < 4.78 is 37.4. The van der Waals surface area contributed by atoms with Crippen LogP contribution in [0.15, 0.2) is 24.3 Å². The van der Waals surface area contributed by atoms with Gasteiger partial charge in [0.25, 0.3) is 11.8 Å². The average molecular weight is 346 g/mol. The highest BCUT2D eigenvalue weighted by molar-refractivity contribution is 5.91. The van der Waals surface area contributed by atoms with Crippen LogP contribution >= 0.6 is 0 Å². The third-order valence-electron chi connectivity index (χ3n) is 2.94. The van der Waals surface area contributed by atoms with E-state index in [9.17, 15) is 22.8 Å². The third kappa shape index (κ3) is 7.45. The molecule has 0 bridgehead atoms. The van der Waals surface area contributed by atoms with E-state index < -0.39 is 11.7 Å². The Bertz CT molecular complexity index is 578. The number of anilines is 1. The minimum absolute atomic E-state index is 0.0264. The van der Waals surface area contributed by atoms with E-state index in [2.05, 4.69) is 10.6 Å². The maximum Gasteiger partial charge on any atom is 0.416 e. The van der Waals surface area contributed by atoms with Crippen molar-refractivity contribution in [2.75, 3.05) is 25.5 Å². The summed E-state index contributed by atoms with van der Waals surface area (Å²) in [7, 11) is 1.69. The predicted octanol–water partition coefficient (Wildman–Crippen LogP) is 1.07. The highest BCUT2D eigenvalue weighted by atomic mass is 19.4. The molecule has 0 fully saturated rings. The molecular weight excluding hydrogens is 323 g/mol. The van der Waals surface area contributed by atoms with Crippen LogP contribution in [-0.4, -0.2) is 37.5 Å². The van der Waals surface area contributed by atoms with E-state index in [4.69, 9.17) is 0 Å². The molecule has 0 aliphatic carbocycles. The number of likely N-dealkylation sites (N-methyl/N-ethyl adjacent to an activating group) is 1. The van der Waals surface area contributed by atoms with E-state index in [1.54, 1.807) is 7.05 Å². The second kappa shape index (κ2) is 7.65. The molecule has 0 heterocycles. The fourth-order valence-electron chi connectivity index (χ4n) is 2.02. The Labute approximate surface area is 139 Å². The molecule has 1 aromatic carbocycles. The zero-order valence-electron chi connectivity index (χ0n) is 14.2. The molecule has 0 saturated carbocycles. The molecule has 8 heteroatoms. The summed E-state index contributed by atoms with van der Waals surface area (Å²) in [6, 6.07) is 4.21. The van der Waals surface area contributed by atoms with Gasteiger partial charge in [0.15, 0.2) is 13.1 Å². The molecule has 3 N–H and O–H groups in total. The molecule has 24 heavy (non-hydrogen) atoms. The second-order valence-corrected chi connectivity index (χ2v) is 6.73. The van der Waals surface area contributed by atoms with Gasteiger partial charge in [0.05, 0.1) is 12.6 Å². The number of alkyl halides is 3. The lowest BCUT2D eigenvalue weighted by Crippen LogP contribution is -3.11. The first-order valence-electron chi connectivity index (χ1n) is 7.46. The molecule has 0 saturated heterocycles. The fourth-order valence-corrected chi connectivity index (χ4v) is 2.02. The summed E-state index contributed by atoms with van der Waals surface area (Å²) in [4.78, 5) is 24.3. The minimum atomic E-state index is -4.41. The Morgan fingerprint density at radius 3 is 1.96 bits per heavy atom. The molecule has 5 nitrogen and oxygen atoms in total. The average Bonchev–Trinajstić information content (AvgIpc) is 2.34. The van der Waals surface area contributed by atoms with Gasteiger partial charge in [0.2, 0.25) is 0 Å². The number of nitrogens with one attached hydrogen (secondary N) is 3. The lowest BCUT2D eigenvalue weighted by molar-refractivity contribution is -0.862. The largest absolute Gasteiger partial charge is 0.416 e. The standard InChI is InChI=1S/C16H22F3N3O2/c1-15(2,3)21-14(24)10-22(4)9-13(23)20-12-7-5-11(6-8-12)16(17,18)19/h5-8H,9-10H2,1-4H3,(H,20,23)(H,21,24)/p+1. The Kier molecular flexibility index (Phi) is 6.36. The van der Waals surface area contributed by atoms with Crippen molar-refractivity contribution in [3.63, 3.8) is 0 Å². The highest BCUT2D eigenvalue weighted by Gasteiger charge is 2.30. The van der Waals surface area contributed by atoms with Crippen LogP contribution in [-0.2, 0) is 15.8 Å². The van der Waals surface area contributed by atoms with Gasteiger partial charge in [-0.15, -0.1) is 0 Å². The van der Waals surface area contributed by atoms with Crippen LogP contribution in [0.5, 0.6) is 0 Å². The first kappa shape index (κ1) is 20.0. The molecule has 0 aliphatic rings. The molecule has 1 aromatic rings. The maximum atomic E-state index is 12.5. The number of amides is 2. The smallest absolute Gasteiger partial charge is 0.347 e. The Balaban J connectivity index is 2.49. The molecule has 2 amide bonds. The van der Waals surface area contributed by atoms with Crippen LogP contribution in [0.2, 0.25) is 0 Å². The van der Waals surface area contributed by atoms with Crippen LogP contribution in [0, 0.1) is 0 Å². The van der Waals surface area contributed by atoms with Crippen LogP contribution < -0.4 is 15.5 Å². The van der Waals surface area contributed by atoms with Gasteiger partial charge in [0.1, 0.15) is 0 Å². The molecule has 0 spiro atoms. The van der Waals surface area contributed by atoms with E-state index in [0.29, 0.717) is 4.90 Å². The van der Waals surface area contributed by atoms with Crippen molar-refractivity contribution in [2.45, 2.75) is 32.5 Å². The number of hydrogen-bond acceptors (Lipinski definition) is 2. The van der Waals surface area contributed by atoms with Gasteiger partial charge in [-0.05, 0) is 45.0 Å². The van der Waals surface area contributed by atoms with E-state index in [0.717, 1.165) is 12.1 Å². The second-order valence-electron chi connectivity index (χ2n) is 6.73. The summed E-state index contributed by atoms with van der Waals surface area (Å²) >= 11 is 0. The normalized spacial score (nSPS) is 13.3. The van der Waals surface area contributed by atoms with Gasteiger partial charge < -0.3 is 15.5 Å². The van der Waals surface area contributed by atoms with Gasteiger partial charge >= 0.3 is 6.18 Å². The molecule has 1 atom stereocenters. The van der Waals surface area contributed by atoms with E-state index >= 15 is 0 Å². The number of halogens is 3. The number of rotatable bonds is 5. The molecule has 134 valence electrons. The molecule has 0 aromatic heterocycles. The van der Waals surface area contributed by atoms with E-state index in [1.807, 2.05) is 20.8 Å². The number of carbonyl (C=O) groups is 2. The Morgan fingerprint density at radius 1 is 1.00 bits per heavy atom. The van der Waals surface area contributed by atoms with Gasteiger partial charge in [-0.3, -0.25) is 9.59 Å². The first-order chi connectivity index (χ1) is 10.9. The molecule has 0 aliphatic heterocycles. The Morgan fingerprint density at radius 2 is 1.50 bits per heavy atom. The zero-order valence-corrected chi connectivity index (χ0v) is 14.2. The number of quaternary nitrogens is 1. The van der Waals surface area contributed by atoms with Crippen LogP contribution in [0.25, 0.3) is 0 Å². The molecule has 0 radical (unpaired) electrons. The highest BCUT2D eigenvalue weighted by Crippen LogP contribution is 2.29. The predicted molar refractivity (Wildman–Crippen MR) is 84.6 cm³/mol. The topological polar surface area (TPSA) is 62.6 Å². The van der Waals surface area contributed by atoms with Crippen molar-refractivity contribution in [3.05, 3.63) is 29.8 Å². The third-order valence-corrected chi connectivity index (χ3v) is 2.94. The summed E-state index contributed by atoms with van der Waals surface area (Å²) in [5.74, 6) is -0.557. The summed E-state index contributed by atoms with van der Waals surface area (Å²) in [6.07, 6.45) is -4.41. The van der Waals surface area contributed by atoms with Crippen molar-refractivity contribution < 1.29 is 27.7 Å². The van der Waals surface area contributed by atoms with Gasteiger partial charge in [-0.25, -0.2) is 0 Å². The van der Waals surface area contributed by atoms with Crippen molar-refractivity contribution in [1.29, 1.82) is 0 Å². The van der Waals surface area contributed by atoms with Gasteiger partial charge in [-0.2, -0.15) is 13.2 Å². The van der Waals surface area contributed by atoms with Crippen LogP contribution in [0.1, 0.15) is 26.3 Å². The molecule has 1 rings (SSSR count). The van der Waals surface area contributed by atoms with Gasteiger partial charge in [0, 0.05) is 11.2 Å². The molecular formula is C16H23F3N3O2+.